The Hall–Kier alpha value is -1.78. The zero-order chi connectivity index (χ0) is 15.1. The molecule has 0 aliphatic carbocycles. The van der Waals surface area contributed by atoms with Crippen molar-refractivity contribution in [1.82, 2.24) is 0 Å². The number of carbonyl (C=O) groups is 1. The van der Waals surface area contributed by atoms with Crippen molar-refractivity contribution >= 4 is 17.2 Å². The van der Waals surface area contributed by atoms with E-state index in [1.54, 1.807) is 0 Å². The van der Waals surface area contributed by atoms with E-state index in [1.807, 2.05) is 13.8 Å². The van der Waals surface area contributed by atoms with Crippen molar-refractivity contribution < 1.29 is 18.0 Å². The maximum Gasteiger partial charge on any atom is 0.416 e. The number of hydrogen-bond donors (Lipinski definition) is 1. The maximum atomic E-state index is 12.8. The Morgan fingerprint density at radius 1 is 1.25 bits per heavy atom. The van der Waals surface area contributed by atoms with E-state index in [2.05, 4.69) is 11.9 Å². The Morgan fingerprint density at radius 2 is 1.85 bits per heavy atom. The second kappa shape index (κ2) is 4.65. The van der Waals surface area contributed by atoms with Crippen LogP contribution >= 0.6 is 0 Å². The quantitative estimate of drug-likeness (QED) is 0.852. The first kappa shape index (κ1) is 14.6. The monoisotopic (exact) mass is 283 g/mol. The van der Waals surface area contributed by atoms with Gasteiger partial charge in [-0.25, -0.2) is 0 Å². The van der Waals surface area contributed by atoms with Crippen molar-refractivity contribution in [2.45, 2.75) is 32.9 Å². The van der Waals surface area contributed by atoms with Gasteiger partial charge in [0.05, 0.1) is 11.0 Å². The standard InChI is InChI=1S/C15H16F3NO/c1-4-14(5-2)9(3)11-8-10(15(16,17)18)6-7-12(11)19-13(14)20/h6-8H,3-5H2,1-2H3,(H,19,20). The molecule has 1 heterocycles. The highest BCUT2D eigenvalue weighted by Gasteiger charge is 2.43. The molecule has 1 N–H and O–H groups in total. The minimum atomic E-state index is -4.40. The van der Waals surface area contributed by atoms with E-state index < -0.39 is 17.2 Å². The van der Waals surface area contributed by atoms with Crippen LogP contribution in [0.3, 0.4) is 0 Å². The average Bonchev–Trinajstić information content (AvgIpc) is 2.39. The van der Waals surface area contributed by atoms with Crippen LogP contribution in [-0.4, -0.2) is 5.91 Å². The predicted octanol–water partition coefficient (Wildman–Crippen LogP) is 4.48. The van der Waals surface area contributed by atoms with Gasteiger partial charge in [-0.3, -0.25) is 4.79 Å². The smallest absolute Gasteiger partial charge is 0.325 e. The van der Waals surface area contributed by atoms with Crippen molar-refractivity contribution in [2.75, 3.05) is 5.32 Å². The molecule has 0 saturated carbocycles. The van der Waals surface area contributed by atoms with Gasteiger partial charge in [-0.1, -0.05) is 20.4 Å². The van der Waals surface area contributed by atoms with Crippen LogP contribution < -0.4 is 5.32 Å². The molecule has 1 amide bonds. The fraction of sp³-hybridized carbons (Fsp3) is 0.400. The number of fused-ring (bicyclic) bond motifs is 1. The molecule has 20 heavy (non-hydrogen) atoms. The van der Waals surface area contributed by atoms with Gasteiger partial charge in [0.1, 0.15) is 0 Å². The summed E-state index contributed by atoms with van der Waals surface area (Å²) in [5, 5.41) is 2.69. The highest BCUT2D eigenvalue weighted by atomic mass is 19.4. The third-order valence-electron chi connectivity index (χ3n) is 4.14. The Bertz CT molecular complexity index is 571. The third-order valence-corrected chi connectivity index (χ3v) is 4.14. The Kier molecular flexibility index (Phi) is 3.40. The van der Waals surface area contributed by atoms with Crippen LogP contribution in [0.2, 0.25) is 0 Å². The molecular formula is C15H16F3NO. The molecule has 0 fully saturated rings. The van der Waals surface area contributed by atoms with Crippen LogP contribution in [0.25, 0.3) is 5.57 Å². The lowest BCUT2D eigenvalue weighted by atomic mass is 9.70. The van der Waals surface area contributed by atoms with Crippen LogP contribution in [0.1, 0.15) is 37.8 Å². The maximum absolute atomic E-state index is 12.8. The second-order valence-corrected chi connectivity index (χ2v) is 4.98. The van der Waals surface area contributed by atoms with Gasteiger partial charge in [-0.15, -0.1) is 0 Å². The lowest BCUT2D eigenvalue weighted by Gasteiger charge is -2.38. The van der Waals surface area contributed by atoms with Gasteiger partial charge in [-0.2, -0.15) is 13.2 Å². The summed E-state index contributed by atoms with van der Waals surface area (Å²) in [6, 6.07) is 3.32. The van der Waals surface area contributed by atoms with Gasteiger partial charge in [0.25, 0.3) is 0 Å². The van der Waals surface area contributed by atoms with E-state index in [1.165, 1.54) is 6.07 Å². The fourth-order valence-electron chi connectivity index (χ4n) is 2.71. The van der Waals surface area contributed by atoms with Gasteiger partial charge in [0.15, 0.2) is 0 Å². The number of benzene rings is 1. The molecule has 0 spiro atoms. The molecule has 0 unspecified atom stereocenters. The van der Waals surface area contributed by atoms with Crippen molar-refractivity contribution in [3.63, 3.8) is 0 Å². The molecule has 2 rings (SSSR count). The summed E-state index contributed by atoms with van der Waals surface area (Å²) in [4.78, 5) is 12.2. The van der Waals surface area contributed by atoms with E-state index in [4.69, 9.17) is 0 Å². The average molecular weight is 283 g/mol. The summed E-state index contributed by atoms with van der Waals surface area (Å²) in [7, 11) is 0. The van der Waals surface area contributed by atoms with Crippen LogP contribution in [0.4, 0.5) is 18.9 Å². The zero-order valence-electron chi connectivity index (χ0n) is 11.4. The van der Waals surface area contributed by atoms with Gasteiger partial charge in [0, 0.05) is 11.3 Å². The molecule has 0 radical (unpaired) electrons. The topological polar surface area (TPSA) is 29.1 Å². The molecule has 1 aromatic carbocycles. The highest BCUT2D eigenvalue weighted by Crippen LogP contribution is 2.48. The third kappa shape index (κ3) is 2.01. The molecule has 1 aliphatic heterocycles. The van der Waals surface area contributed by atoms with E-state index >= 15 is 0 Å². The minimum absolute atomic E-state index is 0.195. The van der Waals surface area contributed by atoms with E-state index in [-0.39, 0.29) is 5.91 Å². The van der Waals surface area contributed by atoms with E-state index in [9.17, 15) is 18.0 Å². The van der Waals surface area contributed by atoms with Crippen molar-refractivity contribution in [3.05, 3.63) is 35.9 Å². The number of nitrogens with one attached hydrogen (secondary N) is 1. The van der Waals surface area contributed by atoms with Crippen molar-refractivity contribution in [2.24, 2.45) is 5.41 Å². The van der Waals surface area contributed by atoms with E-state index in [0.29, 0.717) is 29.7 Å². The van der Waals surface area contributed by atoms with Gasteiger partial charge < -0.3 is 5.32 Å². The number of halogens is 3. The molecule has 108 valence electrons. The van der Waals surface area contributed by atoms with Crippen LogP contribution in [0, 0.1) is 5.41 Å². The number of amides is 1. The van der Waals surface area contributed by atoms with Crippen LogP contribution in [-0.2, 0) is 11.0 Å². The Balaban J connectivity index is 2.59. The number of carbonyl (C=O) groups excluding carboxylic acids is 1. The summed E-state index contributed by atoms with van der Waals surface area (Å²) in [5.74, 6) is -0.195. The summed E-state index contributed by atoms with van der Waals surface area (Å²) in [5.41, 5.74) is -0.312. The molecule has 1 aromatic rings. The second-order valence-electron chi connectivity index (χ2n) is 4.98. The van der Waals surface area contributed by atoms with Gasteiger partial charge >= 0.3 is 6.18 Å². The molecule has 1 aliphatic rings. The molecule has 0 bridgehead atoms. The van der Waals surface area contributed by atoms with Gasteiger partial charge in [0.2, 0.25) is 5.91 Å². The normalized spacial score (nSPS) is 17.6. The molecule has 0 atom stereocenters. The highest BCUT2D eigenvalue weighted by molar-refractivity contribution is 6.10. The van der Waals surface area contributed by atoms with Crippen molar-refractivity contribution in [1.29, 1.82) is 0 Å². The zero-order valence-corrected chi connectivity index (χ0v) is 11.4. The first-order valence-electron chi connectivity index (χ1n) is 6.48. The summed E-state index contributed by atoms with van der Waals surface area (Å²) in [6.45, 7) is 7.58. The summed E-state index contributed by atoms with van der Waals surface area (Å²) in [6.07, 6.45) is -3.40. The molecule has 2 nitrogen and oxygen atoms in total. The number of anilines is 1. The largest absolute Gasteiger partial charge is 0.416 e. The first-order valence-corrected chi connectivity index (χ1v) is 6.48. The molecule has 0 aromatic heterocycles. The van der Waals surface area contributed by atoms with Crippen LogP contribution in [0.5, 0.6) is 0 Å². The van der Waals surface area contributed by atoms with E-state index in [0.717, 1.165) is 12.1 Å². The van der Waals surface area contributed by atoms with Crippen LogP contribution in [0.15, 0.2) is 24.8 Å². The molecular weight excluding hydrogens is 267 g/mol. The number of rotatable bonds is 2. The first-order chi connectivity index (χ1) is 9.26. The lowest BCUT2D eigenvalue weighted by Crippen LogP contribution is -2.39. The SMILES string of the molecule is C=C1c2cc(C(F)(F)F)ccc2NC(=O)C1(CC)CC. The summed E-state index contributed by atoms with van der Waals surface area (Å²) < 4.78 is 38.4. The minimum Gasteiger partial charge on any atom is -0.325 e. The van der Waals surface area contributed by atoms with Crippen molar-refractivity contribution in [3.8, 4) is 0 Å². The summed E-state index contributed by atoms with van der Waals surface area (Å²) >= 11 is 0. The molecule has 5 heteroatoms. The molecule has 0 saturated heterocycles. The lowest BCUT2D eigenvalue weighted by molar-refractivity contribution is -0.137. The number of alkyl halides is 3. The Labute approximate surface area is 115 Å². The van der Waals surface area contributed by atoms with Gasteiger partial charge in [-0.05, 0) is 36.6 Å². The number of hydrogen-bond acceptors (Lipinski definition) is 1. The fourth-order valence-corrected chi connectivity index (χ4v) is 2.71. The predicted molar refractivity (Wildman–Crippen MR) is 72.1 cm³/mol. The Morgan fingerprint density at radius 3 is 2.35 bits per heavy atom.